The highest BCUT2D eigenvalue weighted by Gasteiger charge is 2.27. The Morgan fingerprint density at radius 2 is 2.17 bits per heavy atom. The Balaban J connectivity index is 2.25. The zero-order valence-electron chi connectivity index (χ0n) is 11.5. The molecule has 1 aliphatic rings. The van der Waals surface area contributed by atoms with E-state index >= 15 is 0 Å². The van der Waals surface area contributed by atoms with Crippen LogP contribution in [0.3, 0.4) is 0 Å². The van der Waals surface area contributed by atoms with E-state index in [0.717, 1.165) is 19.0 Å². The zero-order chi connectivity index (χ0) is 13.1. The van der Waals surface area contributed by atoms with Crippen LogP contribution in [-0.4, -0.2) is 19.1 Å². The monoisotopic (exact) mass is 310 g/mol. The molecule has 1 aliphatic heterocycles. The van der Waals surface area contributed by atoms with E-state index in [4.69, 9.17) is 0 Å². The number of rotatable bonds is 4. The van der Waals surface area contributed by atoms with Crippen LogP contribution in [0.25, 0.3) is 0 Å². The lowest BCUT2D eigenvalue weighted by Crippen LogP contribution is -2.28. The quantitative estimate of drug-likeness (QED) is 0.910. The van der Waals surface area contributed by atoms with Gasteiger partial charge in [-0.25, -0.2) is 0 Å². The number of halogens is 1. The van der Waals surface area contributed by atoms with Gasteiger partial charge in [-0.3, -0.25) is 0 Å². The van der Waals surface area contributed by atoms with Crippen molar-refractivity contribution < 1.29 is 0 Å². The molecule has 0 radical (unpaired) electrons. The number of hydrogen-bond donors (Lipinski definition) is 1. The van der Waals surface area contributed by atoms with Gasteiger partial charge in [0.05, 0.1) is 0 Å². The van der Waals surface area contributed by atoms with E-state index in [0.29, 0.717) is 6.04 Å². The van der Waals surface area contributed by atoms with Crippen molar-refractivity contribution in [2.24, 2.45) is 5.92 Å². The van der Waals surface area contributed by atoms with Gasteiger partial charge >= 0.3 is 0 Å². The molecular formula is C15H23BrN2. The average Bonchev–Trinajstić information content (AvgIpc) is 2.66. The SMILES string of the molecule is CCNCc1cc(Br)ccc1N1CC(C)CC1C. The van der Waals surface area contributed by atoms with Crippen LogP contribution in [0.1, 0.15) is 32.8 Å². The molecular weight excluding hydrogens is 288 g/mol. The van der Waals surface area contributed by atoms with E-state index < -0.39 is 0 Å². The van der Waals surface area contributed by atoms with Crippen LogP contribution >= 0.6 is 15.9 Å². The lowest BCUT2D eigenvalue weighted by atomic mass is 10.1. The molecule has 3 heteroatoms. The summed E-state index contributed by atoms with van der Waals surface area (Å²) >= 11 is 3.58. The number of benzene rings is 1. The van der Waals surface area contributed by atoms with E-state index in [1.807, 2.05) is 0 Å². The Labute approximate surface area is 119 Å². The highest BCUT2D eigenvalue weighted by molar-refractivity contribution is 9.10. The maximum Gasteiger partial charge on any atom is 0.0415 e. The fraction of sp³-hybridized carbons (Fsp3) is 0.600. The van der Waals surface area contributed by atoms with Crippen LogP contribution in [0.4, 0.5) is 5.69 Å². The van der Waals surface area contributed by atoms with Crippen molar-refractivity contribution in [2.75, 3.05) is 18.0 Å². The van der Waals surface area contributed by atoms with E-state index in [1.165, 1.54) is 28.7 Å². The highest BCUT2D eigenvalue weighted by atomic mass is 79.9. The normalized spacial score (nSPS) is 23.7. The molecule has 1 saturated heterocycles. The van der Waals surface area contributed by atoms with Crippen molar-refractivity contribution in [3.63, 3.8) is 0 Å². The fourth-order valence-electron chi connectivity index (χ4n) is 2.87. The smallest absolute Gasteiger partial charge is 0.0415 e. The van der Waals surface area contributed by atoms with Crippen LogP contribution in [0.2, 0.25) is 0 Å². The van der Waals surface area contributed by atoms with E-state index in [-0.39, 0.29) is 0 Å². The molecule has 0 aliphatic carbocycles. The minimum atomic E-state index is 0.654. The first-order valence-corrected chi connectivity index (χ1v) is 7.67. The highest BCUT2D eigenvalue weighted by Crippen LogP contribution is 2.32. The molecule has 1 aromatic carbocycles. The molecule has 100 valence electrons. The number of nitrogens with one attached hydrogen (secondary N) is 1. The molecule has 0 aromatic heterocycles. The summed E-state index contributed by atoms with van der Waals surface area (Å²) in [5.74, 6) is 0.802. The summed E-state index contributed by atoms with van der Waals surface area (Å²) in [5.41, 5.74) is 2.79. The Morgan fingerprint density at radius 1 is 1.39 bits per heavy atom. The third-order valence-electron chi connectivity index (χ3n) is 3.70. The van der Waals surface area contributed by atoms with Crippen LogP contribution in [0, 0.1) is 5.92 Å². The summed E-state index contributed by atoms with van der Waals surface area (Å²) in [5, 5.41) is 3.43. The van der Waals surface area contributed by atoms with Gasteiger partial charge in [0.15, 0.2) is 0 Å². The van der Waals surface area contributed by atoms with Crippen molar-refractivity contribution >= 4 is 21.6 Å². The topological polar surface area (TPSA) is 15.3 Å². The first-order chi connectivity index (χ1) is 8.61. The Hall–Kier alpha value is -0.540. The Morgan fingerprint density at radius 3 is 2.78 bits per heavy atom. The summed E-state index contributed by atoms with van der Waals surface area (Å²) in [4.78, 5) is 2.56. The average molecular weight is 311 g/mol. The molecule has 0 spiro atoms. The van der Waals surface area contributed by atoms with Gasteiger partial charge in [0.2, 0.25) is 0 Å². The van der Waals surface area contributed by atoms with E-state index in [2.05, 4.69) is 65.1 Å². The van der Waals surface area contributed by atoms with Gasteiger partial charge in [0, 0.05) is 29.3 Å². The molecule has 1 heterocycles. The second-order valence-corrected chi connectivity index (χ2v) is 6.31. The molecule has 0 amide bonds. The maximum absolute atomic E-state index is 3.58. The largest absolute Gasteiger partial charge is 0.368 e. The Bertz CT molecular complexity index is 405. The van der Waals surface area contributed by atoms with Gasteiger partial charge in [0.25, 0.3) is 0 Å². The molecule has 0 saturated carbocycles. The molecule has 18 heavy (non-hydrogen) atoms. The second kappa shape index (κ2) is 6.07. The second-order valence-electron chi connectivity index (χ2n) is 5.40. The Kier molecular flexibility index (Phi) is 4.68. The first-order valence-electron chi connectivity index (χ1n) is 6.87. The van der Waals surface area contributed by atoms with Gasteiger partial charge in [-0.15, -0.1) is 0 Å². The standard InChI is InChI=1S/C15H23BrN2/c1-4-17-9-13-8-14(16)5-6-15(13)18-10-11(2)7-12(18)3/h5-6,8,11-12,17H,4,7,9-10H2,1-3H3. The molecule has 2 nitrogen and oxygen atoms in total. The summed E-state index contributed by atoms with van der Waals surface area (Å²) in [6, 6.07) is 7.31. The maximum atomic E-state index is 3.58. The lowest BCUT2D eigenvalue weighted by Gasteiger charge is -2.27. The van der Waals surface area contributed by atoms with Crippen LogP contribution in [0.15, 0.2) is 22.7 Å². The molecule has 1 fully saturated rings. The minimum Gasteiger partial charge on any atom is -0.368 e. The summed E-state index contributed by atoms with van der Waals surface area (Å²) in [6.07, 6.45) is 1.30. The number of hydrogen-bond acceptors (Lipinski definition) is 2. The van der Waals surface area contributed by atoms with E-state index in [9.17, 15) is 0 Å². The van der Waals surface area contributed by atoms with Crippen LogP contribution < -0.4 is 10.2 Å². The van der Waals surface area contributed by atoms with Crippen molar-refractivity contribution in [1.82, 2.24) is 5.32 Å². The summed E-state index contributed by atoms with van der Waals surface area (Å²) in [7, 11) is 0. The predicted octanol–water partition coefficient (Wildman–Crippen LogP) is 3.79. The summed E-state index contributed by atoms with van der Waals surface area (Å²) in [6.45, 7) is 9.98. The van der Waals surface area contributed by atoms with Gasteiger partial charge in [-0.2, -0.15) is 0 Å². The molecule has 2 atom stereocenters. The first kappa shape index (κ1) is 13.9. The van der Waals surface area contributed by atoms with Gasteiger partial charge < -0.3 is 10.2 Å². The number of anilines is 1. The predicted molar refractivity (Wildman–Crippen MR) is 82.1 cm³/mol. The lowest BCUT2D eigenvalue weighted by molar-refractivity contribution is 0.625. The molecule has 1 N–H and O–H groups in total. The number of nitrogens with zero attached hydrogens (tertiary/aromatic N) is 1. The summed E-state index contributed by atoms with van der Waals surface area (Å²) < 4.78 is 1.17. The van der Waals surface area contributed by atoms with Crippen LogP contribution in [-0.2, 0) is 6.54 Å². The molecule has 0 bridgehead atoms. The minimum absolute atomic E-state index is 0.654. The third-order valence-corrected chi connectivity index (χ3v) is 4.19. The van der Waals surface area contributed by atoms with E-state index in [1.54, 1.807) is 0 Å². The van der Waals surface area contributed by atoms with Crippen molar-refractivity contribution in [3.05, 3.63) is 28.2 Å². The van der Waals surface area contributed by atoms with Gasteiger partial charge in [-0.05, 0) is 49.6 Å². The van der Waals surface area contributed by atoms with Crippen LogP contribution in [0.5, 0.6) is 0 Å². The third kappa shape index (κ3) is 3.07. The molecule has 1 aromatic rings. The molecule has 2 rings (SSSR count). The van der Waals surface area contributed by atoms with Gasteiger partial charge in [0.1, 0.15) is 0 Å². The van der Waals surface area contributed by atoms with Crippen molar-refractivity contribution in [2.45, 2.75) is 39.8 Å². The van der Waals surface area contributed by atoms with Crippen molar-refractivity contribution in [3.8, 4) is 0 Å². The fourth-order valence-corrected chi connectivity index (χ4v) is 3.28. The van der Waals surface area contributed by atoms with Gasteiger partial charge in [-0.1, -0.05) is 29.8 Å². The molecule has 2 unspecified atom stereocenters. The van der Waals surface area contributed by atoms with Crippen molar-refractivity contribution in [1.29, 1.82) is 0 Å². The zero-order valence-corrected chi connectivity index (χ0v) is 13.1.